The summed E-state index contributed by atoms with van der Waals surface area (Å²) in [4.78, 5) is 27.8. The van der Waals surface area contributed by atoms with E-state index in [9.17, 15) is 22.8 Å². The number of hydrogen-bond donors (Lipinski definition) is 1. The number of likely N-dealkylation sites (tertiary alicyclic amines) is 1. The number of thiazole rings is 1. The zero-order valence-corrected chi connectivity index (χ0v) is 11.9. The summed E-state index contributed by atoms with van der Waals surface area (Å²) < 4.78 is 37.5. The van der Waals surface area contributed by atoms with Gasteiger partial charge in [0, 0.05) is 11.9 Å². The first kappa shape index (κ1) is 15.7. The predicted molar refractivity (Wildman–Crippen MR) is 68.0 cm³/mol. The van der Waals surface area contributed by atoms with Crippen molar-refractivity contribution in [2.75, 3.05) is 6.54 Å². The van der Waals surface area contributed by atoms with Crippen LogP contribution < -0.4 is 0 Å². The number of aliphatic carboxylic acids is 1. The summed E-state index contributed by atoms with van der Waals surface area (Å²) in [6.07, 6.45) is -3.70. The lowest BCUT2D eigenvalue weighted by atomic mass is 9.92. The standard InChI is InChI=1S/C12H13F3N2O3S/c1-6-2-3-17(8(4-6)10(19)20)9(18)7-5-21-11(16-7)12(13,14)15/h5-6,8H,2-4H2,1H3,(H,19,20). The molecule has 1 amide bonds. The van der Waals surface area contributed by atoms with Crippen LogP contribution >= 0.6 is 11.3 Å². The van der Waals surface area contributed by atoms with E-state index in [0.29, 0.717) is 17.8 Å². The normalized spacial score (nSPS) is 23.1. The van der Waals surface area contributed by atoms with Gasteiger partial charge in [-0.25, -0.2) is 9.78 Å². The minimum Gasteiger partial charge on any atom is -0.480 e. The van der Waals surface area contributed by atoms with Crippen molar-refractivity contribution in [3.63, 3.8) is 0 Å². The van der Waals surface area contributed by atoms with Gasteiger partial charge >= 0.3 is 12.1 Å². The van der Waals surface area contributed by atoms with Crippen molar-refractivity contribution >= 4 is 23.2 Å². The monoisotopic (exact) mass is 322 g/mol. The first-order valence-corrected chi connectivity index (χ1v) is 7.14. The van der Waals surface area contributed by atoms with Crippen LogP contribution in [0.1, 0.15) is 35.3 Å². The molecule has 116 valence electrons. The largest absolute Gasteiger partial charge is 0.480 e. The zero-order valence-electron chi connectivity index (χ0n) is 11.1. The molecule has 1 N–H and O–H groups in total. The van der Waals surface area contributed by atoms with E-state index in [0.717, 1.165) is 10.3 Å². The second kappa shape index (κ2) is 5.63. The molecular weight excluding hydrogens is 309 g/mol. The Hall–Kier alpha value is -1.64. The lowest BCUT2D eigenvalue weighted by molar-refractivity contribution is -0.144. The van der Waals surface area contributed by atoms with E-state index in [-0.39, 0.29) is 24.6 Å². The fourth-order valence-electron chi connectivity index (χ4n) is 2.27. The molecule has 0 radical (unpaired) electrons. The van der Waals surface area contributed by atoms with Crippen LogP contribution in [0.3, 0.4) is 0 Å². The highest BCUT2D eigenvalue weighted by Gasteiger charge is 2.38. The first-order valence-electron chi connectivity index (χ1n) is 6.26. The minimum atomic E-state index is -4.61. The molecule has 0 bridgehead atoms. The fourth-order valence-corrected chi connectivity index (χ4v) is 2.93. The van der Waals surface area contributed by atoms with Gasteiger partial charge < -0.3 is 10.0 Å². The number of halogens is 3. The molecule has 1 aliphatic rings. The topological polar surface area (TPSA) is 70.5 Å². The van der Waals surface area contributed by atoms with Crippen LogP contribution in [0.15, 0.2) is 5.38 Å². The van der Waals surface area contributed by atoms with Gasteiger partial charge in [0.15, 0.2) is 5.01 Å². The first-order chi connectivity index (χ1) is 9.70. The van der Waals surface area contributed by atoms with Gasteiger partial charge in [0.2, 0.25) is 0 Å². The zero-order chi connectivity index (χ0) is 15.8. The highest BCUT2D eigenvalue weighted by atomic mass is 32.1. The fraction of sp³-hybridized carbons (Fsp3) is 0.583. The van der Waals surface area contributed by atoms with E-state index >= 15 is 0 Å². The summed E-state index contributed by atoms with van der Waals surface area (Å²) in [6, 6.07) is -1.02. The Morgan fingerprint density at radius 2 is 2.14 bits per heavy atom. The van der Waals surface area contributed by atoms with Gasteiger partial charge in [-0.3, -0.25) is 4.79 Å². The lowest BCUT2D eigenvalue weighted by Crippen LogP contribution is -2.49. The summed E-state index contributed by atoms with van der Waals surface area (Å²) in [5, 5.41) is 9.07. The van der Waals surface area contributed by atoms with Gasteiger partial charge in [0.05, 0.1) is 0 Å². The smallest absolute Gasteiger partial charge is 0.443 e. The molecule has 5 nitrogen and oxygen atoms in total. The molecule has 1 aromatic heterocycles. The molecule has 1 fully saturated rings. The molecule has 2 rings (SSSR count). The van der Waals surface area contributed by atoms with Crippen LogP contribution in [0, 0.1) is 5.92 Å². The minimum absolute atomic E-state index is 0.149. The molecule has 2 unspecified atom stereocenters. The number of carboxylic acids is 1. The van der Waals surface area contributed by atoms with Crippen molar-refractivity contribution in [2.24, 2.45) is 5.92 Å². The molecule has 1 aliphatic heterocycles. The molecule has 0 aliphatic carbocycles. The van der Waals surface area contributed by atoms with Gasteiger partial charge in [-0.05, 0) is 18.8 Å². The Morgan fingerprint density at radius 1 is 1.48 bits per heavy atom. The SMILES string of the molecule is CC1CCN(C(=O)c2csc(C(F)(F)F)n2)C(C(=O)O)C1. The van der Waals surface area contributed by atoms with Gasteiger partial charge in [0.25, 0.3) is 5.91 Å². The number of carboxylic acid groups (broad SMARTS) is 1. The van der Waals surface area contributed by atoms with Crippen molar-refractivity contribution < 1.29 is 27.9 Å². The number of hydrogen-bond acceptors (Lipinski definition) is 4. The molecule has 9 heteroatoms. The second-order valence-electron chi connectivity index (χ2n) is 5.02. The van der Waals surface area contributed by atoms with E-state index < -0.39 is 29.1 Å². The molecule has 2 atom stereocenters. The van der Waals surface area contributed by atoms with Gasteiger partial charge in [-0.15, -0.1) is 11.3 Å². The van der Waals surface area contributed by atoms with Crippen molar-refractivity contribution in [3.05, 3.63) is 16.1 Å². The predicted octanol–water partition coefficient (Wildman–Crippen LogP) is 2.49. The van der Waals surface area contributed by atoms with E-state index in [1.807, 2.05) is 6.92 Å². The Balaban J connectivity index is 2.22. The Bertz CT molecular complexity index is 558. The van der Waals surface area contributed by atoms with E-state index in [1.165, 1.54) is 0 Å². The number of piperidine rings is 1. The molecule has 2 heterocycles. The van der Waals surface area contributed by atoms with Crippen molar-refractivity contribution in [1.29, 1.82) is 0 Å². The van der Waals surface area contributed by atoms with E-state index in [1.54, 1.807) is 0 Å². The van der Waals surface area contributed by atoms with Gasteiger partial charge in [-0.2, -0.15) is 13.2 Å². The Labute approximate surface area is 122 Å². The van der Waals surface area contributed by atoms with Crippen LogP contribution in [0.2, 0.25) is 0 Å². The molecular formula is C12H13F3N2O3S. The Kier molecular flexibility index (Phi) is 4.22. The molecule has 21 heavy (non-hydrogen) atoms. The van der Waals surface area contributed by atoms with Crippen LogP contribution in [0.5, 0.6) is 0 Å². The van der Waals surface area contributed by atoms with E-state index in [2.05, 4.69) is 4.98 Å². The quantitative estimate of drug-likeness (QED) is 0.908. The van der Waals surface area contributed by atoms with Crippen LogP contribution in [-0.4, -0.2) is 39.5 Å². The third-order valence-electron chi connectivity index (χ3n) is 3.38. The number of carbonyl (C=O) groups excluding carboxylic acids is 1. The maximum Gasteiger partial charge on any atom is 0.443 e. The summed E-state index contributed by atoms with van der Waals surface area (Å²) in [7, 11) is 0. The highest BCUT2D eigenvalue weighted by molar-refractivity contribution is 7.09. The average Bonchev–Trinajstić information content (AvgIpc) is 2.87. The molecule has 1 aromatic rings. The average molecular weight is 322 g/mol. The summed E-state index contributed by atoms with van der Waals surface area (Å²) in [5.41, 5.74) is -0.354. The van der Waals surface area contributed by atoms with Crippen molar-refractivity contribution in [3.8, 4) is 0 Å². The van der Waals surface area contributed by atoms with Crippen LogP contribution in [0.4, 0.5) is 13.2 Å². The van der Waals surface area contributed by atoms with Crippen molar-refractivity contribution in [2.45, 2.75) is 32.0 Å². The number of carbonyl (C=O) groups is 2. The van der Waals surface area contributed by atoms with Gasteiger partial charge in [-0.1, -0.05) is 6.92 Å². The number of rotatable bonds is 2. The maximum absolute atomic E-state index is 12.5. The van der Waals surface area contributed by atoms with Crippen molar-refractivity contribution in [1.82, 2.24) is 9.88 Å². The number of nitrogens with zero attached hydrogens (tertiary/aromatic N) is 2. The van der Waals surface area contributed by atoms with Crippen LogP contribution in [0.25, 0.3) is 0 Å². The summed E-state index contributed by atoms with van der Waals surface area (Å²) in [6.45, 7) is 2.08. The summed E-state index contributed by atoms with van der Waals surface area (Å²) in [5.74, 6) is -1.77. The number of aromatic nitrogens is 1. The molecule has 1 saturated heterocycles. The lowest BCUT2D eigenvalue weighted by Gasteiger charge is -2.35. The van der Waals surface area contributed by atoms with Gasteiger partial charge in [0.1, 0.15) is 11.7 Å². The molecule has 0 aromatic carbocycles. The summed E-state index contributed by atoms with van der Waals surface area (Å²) >= 11 is 0.328. The number of amides is 1. The van der Waals surface area contributed by atoms with E-state index in [4.69, 9.17) is 5.11 Å². The maximum atomic E-state index is 12.5. The third-order valence-corrected chi connectivity index (χ3v) is 4.26. The van der Waals surface area contributed by atoms with Crippen LogP contribution in [-0.2, 0) is 11.0 Å². The second-order valence-corrected chi connectivity index (χ2v) is 5.88. The third kappa shape index (κ3) is 3.34. The molecule has 0 saturated carbocycles. The Morgan fingerprint density at radius 3 is 2.67 bits per heavy atom. The number of alkyl halides is 3. The molecule has 0 spiro atoms. The highest BCUT2D eigenvalue weighted by Crippen LogP contribution is 2.32.